The molecule has 0 bridgehead atoms. The van der Waals surface area contributed by atoms with Gasteiger partial charge in [-0.3, -0.25) is 0 Å². The number of ether oxygens (including phenoxy) is 1. The molecule has 0 aliphatic carbocycles. The molecule has 0 saturated heterocycles. The summed E-state index contributed by atoms with van der Waals surface area (Å²) in [5, 5.41) is 0. The number of hydrogen-bond donors (Lipinski definition) is 1. The molecule has 0 amide bonds. The molecule has 14 heavy (non-hydrogen) atoms. The first-order valence-corrected chi connectivity index (χ1v) is 4.38. The van der Waals surface area contributed by atoms with E-state index in [0.29, 0.717) is 18.5 Å². The third-order valence-electron chi connectivity index (χ3n) is 1.91. The van der Waals surface area contributed by atoms with Crippen molar-refractivity contribution in [2.75, 3.05) is 6.54 Å². The standard InChI is InChI=1S/C10H13F2NO/c1-7-3-2-4-8(5-6-13)9(7)14-10(11)12/h2-4,10H,5-6,13H2,1H3. The topological polar surface area (TPSA) is 35.2 Å². The smallest absolute Gasteiger partial charge is 0.387 e. The average Bonchev–Trinajstić information content (AvgIpc) is 2.11. The molecule has 1 rings (SSSR count). The van der Waals surface area contributed by atoms with Crippen LogP contribution in [0.3, 0.4) is 0 Å². The number of alkyl halides is 2. The first-order valence-electron chi connectivity index (χ1n) is 4.38. The van der Waals surface area contributed by atoms with Crippen molar-refractivity contribution in [3.63, 3.8) is 0 Å². The van der Waals surface area contributed by atoms with E-state index in [4.69, 9.17) is 5.73 Å². The number of para-hydroxylation sites is 1. The van der Waals surface area contributed by atoms with Gasteiger partial charge in [0, 0.05) is 0 Å². The van der Waals surface area contributed by atoms with E-state index >= 15 is 0 Å². The van der Waals surface area contributed by atoms with Crippen molar-refractivity contribution in [3.05, 3.63) is 29.3 Å². The molecule has 1 aromatic rings. The van der Waals surface area contributed by atoms with Crippen molar-refractivity contribution in [1.82, 2.24) is 0 Å². The van der Waals surface area contributed by atoms with Crippen LogP contribution < -0.4 is 10.5 Å². The van der Waals surface area contributed by atoms with Gasteiger partial charge >= 0.3 is 6.61 Å². The molecule has 2 nitrogen and oxygen atoms in total. The Morgan fingerprint density at radius 3 is 2.71 bits per heavy atom. The van der Waals surface area contributed by atoms with Gasteiger partial charge in [0.05, 0.1) is 0 Å². The second-order valence-electron chi connectivity index (χ2n) is 2.98. The maximum absolute atomic E-state index is 12.1. The molecule has 0 unspecified atom stereocenters. The predicted octanol–water partition coefficient (Wildman–Crippen LogP) is 2.10. The summed E-state index contributed by atoms with van der Waals surface area (Å²) < 4.78 is 28.6. The minimum absolute atomic E-state index is 0.257. The van der Waals surface area contributed by atoms with E-state index in [2.05, 4.69) is 4.74 Å². The highest BCUT2D eigenvalue weighted by Gasteiger charge is 2.11. The van der Waals surface area contributed by atoms with Crippen LogP contribution in [0.2, 0.25) is 0 Å². The summed E-state index contributed by atoms with van der Waals surface area (Å²) in [7, 11) is 0. The lowest BCUT2D eigenvalue weighted by Crippen LogP contribution is -2.09. The molecule has 0 atom stereocenters. The van der Waals surface area contributed by atoms with Gasteiger partial charge in [0.25, 0.3) is 0 Å². The Morgan fingerprint density at radius 2 is 2.14 bits per heavy atom. The van der Waals surface area contributed by atoms with Crippen molar-refractivity contribution in [2.24, 2.45) is 5.73 Å². The number of halogens is 2. The van der Waals surface area contributed by atoms with Crippen molar-refractivity contribution >= 4 is 0 Å². The quantitative estimate of drug-likeness (QED) is 0.809. The Morgan fingerprint density at radius 1 is 1.43 bits per heavy atom. The lowest BCUT2D eigenvalue weighted by molar-refractivity contribution is -0.0508. The van der Waals surface area contributed by atoms with Gasteiger partial charge in [-0.25, -0.2) is 0 Å². The highest BCUT2D eigenvalue weighted by molar-refractivity contribution is 5.40. The zero-order valence-electron chi connectivity index (χ0n) is 7.97. The highest BCUT2D eigenvalue weighted by atomic mass is 19.3. The second kappa shape index (κ2) is 4.91. The van der Waals surface area contributed by atoms with Crippen molar-refractivity contribution in [2.45, 2.75) is 20.0 Å². The lowest BCUT2D eigenvalue weighted by atomic mass is 10.1. The Balaban J connectivity index is 2.96. The van der Waals surface area contributed by atoms with E-state index < -0.39 is 6.61 Å². The Bertz CT molecular complexity index is 302. The van der Waals surface area contributed by atoms with E-state index in [-0.39, 0.29) is 5.75 Å². The Labute approximate surface area is 81.7 Å². The first-order chi connectivity index (χ1) is 6.65. The highest BCUT2D eigenvalue weighted by Crippen LogP contribution is 2.25. The summed E-state index contributed by atoms with van der Waals surface area (Å²) in [6.45, 7) is -0.631. The molecular formula is C10H13F2NO. The summed E-state index contributed by atoms with van der Waals surface area (Å²) >= 11 is 0. The van der Waals surface area contributed by atoms with E-state index in [1.807, 2.05) is 0 Å². The van der Waals surface area contributed by atoms with Crippen LogP contribution in [0.5, 0.6) is 5.75 Å². The molecule has 78 valence electrons. The summed E-state index contributed by atoms with van der Waals surface area (Å²) in [6, 6.07) is 5.29. The van der Waals surface area contributed by atoms with E-state index in [1.165, 1.54) is 0 Å². The maximum atomic E-state index is 12.1. The van der Waals surface area contributed by atoms with Crippen LogP contribution in [-0.4, -0.2) is 13.2 Å². The number of nitrogens with two attached hydrogens (primary N) is 1. The monoisotopic (exact) mass is 201 g/mol. The van der Waals surface area contributed by atoms with Crippen LogP contribution in [0.4, 0.5) is 8.78 Å². The summed E-state index contributed by atoms with van der Waals surface area (Å²) in [5.41, 5.74) is 6.80. The third-order valence-corrected chi connectivity index (χ3v) is 1.91. The largest absolute Gasteiger partial charge is 0.434 e. The number of rotatable bonds is 4. The molecular weight excluding hydrogens is 188 g/mol. The van der Waals surface area contributed by atoms with Gasteiger partial charge in [-0.1, -0.05) is 18.2 Å². The van der Waals surface area contributed by atoms with Crippen LogP contribution >= 0.6 is 0 Å². The van der Waals surface area contributed by atoms with Crippen LogP contribution in [0.25, 0.3) is 0 Å². The fourth-order valence-electron chi connectivity index (χ4n) is 1.32. The summed E-state index contributed by atoms with van der Waals surface area (Å²) in [6.07, 6.45) is 0.545. The van der Waals surface area contributed by atoms with Gasteiger partial charge in [0.15, 0.2) is 0 Å². The minimum atomic E-state index is -2.78. The predicted molar refractivity (Wildman–Crippen MR) is 50.6 cm³/mol. The SMILES string of the molecule is Cc1cccc(CCN)c1OC(F)F. The van der Waals surface area contributed by atoms with Crippen LogP contribution in [0.1, 0.15) is 11.1 Å². The molecule has 0 aliphatic rings. The fourth-order valence-corrected chi connectivity index (χ4v) is 1.32. The third kappa shape index (κ3) is 2.67. The van der Waals surface area contributed by atoms with Crippen LogP contribution in [0.15, 0.2) is 18.2 Å². The van der Waals surface area contributed by atoms with Crippen molar-refractivity contribution in [3.8, 4) is 5.75 Å². The zero-order valence-corrected chi connectivity index (χ0v) is 7.97. The molecule has 0 aromatic heterocycles. The normalized spacial score (nSPS) is 10.6. The Kier molecular flexibility index (Phi) is 3.83. The molecule has 0 radical (unpaired) electrons. The van der Waals surface area contributed by atoms with E-state index in [1.54, 1.807) is 25.1 Å². The summed E-state index contributed by atoms with van der Waals surface area (Å²) in [4.78, 5) is 0. The molecule has 0 heterocycles. The lowest BCUT2D eigenvalue weighted by Gasteiger charge is -2.12. The van der Waals surface area contributed by atoms with E-state index in [0.717, 1.165) is 5.56 Å². The van der Waals surface area contributed by atoms with Gasteiger partial charge < -0.3 is 10.5 Å². The first kappa shape index (κ1) is 10.9. The molecule has 0 saturated carbocycles. The molecule has 0 spiro atoms. The van der Waals surface area contributed by atoms with Gasteiger partial charge in [0.1, 0.15) is 5.75 Å². The van der Waals surface area contributed by atoms with Gasteiger partial charge in [0.2, 0.25) is 0 Å². The molecule has 4 heteroatoms. The molecule has 0 aliphatic heterocycles. The van der Waals surface area contributed by atoms with Crippen LogP contribution in [-0.2, 0) is 6.42 Å². The Hall–Kier alpha value is -1.16. The van der Waals surface area contributed by atoms with Crippen LogP contribution in [0, 0.1) is 6.92 Å². The van der Waals surface area contributed by atoms with Gasteiger partial charge in [-0.15, -0.1) is 0 Å². The molecule has 0 fully saturated rings. The minimum Gasteiger partial charge on any atom is -0.434 e. The molecule has 2 N–H and O–H groups in total. The van der Waals surface area contributed by atoms with Crippen molar-refractivity contribution < 1.29 is 13.5 Å². The zero-order chi connectivity index (χ0) is 10.6. The second-order valence-corrected chi connectivity index (χ2v) is 2.98. The summed E-state index contributed by atoms with van der Waals surface area (Å²) in [5.74, 6) is 0.257. The van der Waals surface area contributed by atoms with Gasteiger partial charge in [-0.05, 0) is 31.0 Å². The number of aryl methyl sites for hydroxylation is 1. The van der Waals surface area contributed by atoms with Crippen molar-refractivity contribution in [1.29, 1.82) is 0 Å². The number of benzene rings is 1. The van der Waals surface area contributed by atoms with Gasteiger partial charge in [-0.2, -0.15) is 8.78 Å². The number of hydrogen-bond acceptors (Lipinski definition) is 2. The fraction of sp³-hybridized carbons (Fsp3) is 0.400. The average molecular weight is 201 g/mol. The molecule has 1 aromatic carbocycles. The van der Waals surface area contributed by atoms with E-state index in [9.17, 15) is 8.78 Å². The maximum Gasteiger partial charge on any atom is 0.387 e.